The molecule has 0 spiro atoms. The third-order valence-corrected chi connectivity index (χ3v) is 7.10. The third-order valence-electron chi connectivity index (χ3n) is 5.18. The monoisotopic (exact) mass is 471 g/mol. The second kappa shape index (κ2) is 10.1. The molecule has 3 rings (SSSR count). The first-order chi connectivity index (χ1) is 15.7. The Morgan fingerprint density at radius 2 is 1.76 bits per heavy atom. The number of anilines is 1. The zero-order chi connectivity index (χ0) is 24.2. The van der Waals surface area contributed by atoms with Gasteiger partial charge in [-0.3, -0.25) is 4.79 Å². The van der Waals surface area contributed by atoms with Gasteiger partial charge in [-0.05, 0) is 42.7 Å². The highest BCUT2D eigenvalue weighted by molar-refractivity contribution is 7.89. The van der Waals surface area contributed by atoms with Crippen molar-refractivity contribution < 1.29 is 22.4 Å². The second-order valence-electron chi connectivity index (χ2n) is 7.56. The lowest BCUT2D eigenvalue weighted by molar-refractivity contribution is 0.0977. The molecular formula is C24H29N3O5S. The average molecular weight is 472 g/mol. The Kier molecular flexibility index (Phi) is 7.45. The van der Waals surface area contributed by atoms with Crippen LogP contribution in [0.3, 0.4) is 0 Å². The summed E-state index contributed by atoms with van der Waals surface area (Å²) in [7, 11) is -2.04. The van der Waals surface area contributed by atoms with E-state index in [1.165, 1.54) is 11.4 Å². The van der Waals surface area contributed by atoms with E-state index in [1.807, 2.05) is 13.8 Å². The van der Waals surface area contributed by atoms with E-state index in [0.717, 1.165) is 12.8 Å². The number of nitrogens with zero attached hydrogens (tertiary/aromatic N) is 1. The predicted octanol–water partition coefficient (Wildman–Crippen LogP) is 4.43. The molecule has 0 aliphatic carbocycles. The molecule has 0 saturated heterocycles. The number of nitrogens with two attached hydrogens (primary N) is 1. The van der Waals surface area contributed by atoms with E-state index < -0.39 is 15.9 Å². The van der Waals surface area contributed by atoms with Crippen LogP contribution >= 0.6 is 0 Å². The zero-order valence-corrected chi connectivity index (χ0v) is 19.9. The van der Waals surface area contributed by atoms with Gasteiger partial charge in [0.1, 0.15) is 11.3 Å². The Balaban J connectivity index is 1.89. The van der Waals surface area contributed by atoms with Crippen molar-refractivity contribution in [1.29, 1.82) is 0 Å². The van der Waals surface area contributed by atoms with Crippen molar-refractivity contribution in [2.75, 3.05) is 25.5 Å². The Bertz CT molecular complexity index is 1260. The summed E-state index contributed by atoms with van der Waals surface area (Å²) >= 11 is 0. The molecule has 1 amide bonds. The van der Waals surface area contributed by atoms with E-state index in [0.29, 0.717) is 46.8 Å². The minimum Gasteiger partial charge on any atom is -0.497 e. The van der Waals surface area contributed by atoms with Crippen molar-refractivity contribution in [3.8, 4) is 5.75 Å². The van der Waals surface area contributed by atoms with Crippen molar-refractivity contribution in [1.82, 2.24) is 4.31 Å². The maximum absolute atomic E-state index is 13.0. The molecular weight excluding hydrogens is 442 g/mol. The van der Waals surface area contributed by atoms with Crippen molar-refractivity contribution in [2.24, 2.45) is 5.73 Å². The summed E-state index contributed by atoms with van der Waals surface area (Å²) in [6, 6.07) is 11.6. The number of furan rings is 1. The first-order valence-corrected chi connectivity index (χ1v) is 12.1. The number of hydrogen-bond donors (Lipinski definition) is 2. The summed E-state index contributed by atoms with van der Waals surface area (Å²) in [5, 5.41) is 3.74. The van der Waals surface area contributed by atoms with Crippen LogP contribution in [0.25, 0.3) is 16.7 Å². The molecule has 3 N–H and O–H groups in total. The molecule has 3 aromatic rings. The lowest BCUT2D eigenvalue weighted by atomic mass is 10.1. The fourth-order valence-electron chi connectivity index (χ4n) is 3.55. The number of hydrogen-bond acceptors (Lipinski definition) is 6. The number of carbonyl (C=O) groups is 1. The van der Waals surface area contributed by atoms with Gasteiger partial charge in [-0.1, -0.05) is 32.6 Å². The number of benzene rings is 2. The van der Waals surface area contributed by atoms with Gasteiger partial charge in [0.25, 0.3) is 5.91 Å². The molecule has 0 saturated carbocycles. The zero-order valence-electron chi connectivity index (χ0n) is 19.1. The maximum Gasteiger partial charge on any atom is 0.286 e. The normalized spacial score (nSPS) is 11.6. The molecule has 0 fully saturated rings. The molecule has 0 aliphatic rings. The van der Waals surface area contributed by atoms with Crippen LogP contribution in [0.2, 0.25) is 0 Å². The highest BCUT2D eigenvalue weighted by atomic mass is 32.2. The molecule has 176 valence electrons. The molecule has 2 aromatic carbocycles. The van der Waals surface area contributed by atoms with Crippen LogP contribution in [0.1, 0.15) is 42.8 Å². The quantitative estimate of drug-likeness (QED) is 0.427. The number of nitrogens with one attached hydrogen (secondary N) is 1. The van der Waals surface area contributed by atoms with Gasteiger partial charge < -0.3 is 20.2 Å². The summed E-state index contributed by atoms with van der Waals surface area (Å²) in [5.74, 6) is -0.183. The lowest BCUT2D eigenvalue weighted by Crippen LogP contribution is -2.32. The molecule has 0 atom stereocenters. The number of rotatable bonds is 11. The van der Waals surface area contributed by atoms with Crippen LogP contribution in [0.5, 0.6) is 5.75 Å². The van der Waals surface area contributed by atoms with E-state index in [1.54, 1.807) is 42.5 Å². The van der Waals surface area contributed by atoms with Crippen molar-refractivity contribution >= 4 is 38.3 Å². The van der Waals surface area contributed by atoms with E-state index in [-0.39, 0.29) is 10.7 Å². The Hall–Kier alpha value is -3.30. The lowest BCUT2D eigenvalue weighted by Gasteiger charge is -2.21. The fourth-order valence-corrected chi connectivity index (χ4v) is 5.18. The fraction of sp³-hybridized carbons (Fsp3) is 0.292. The molecule has 9 heteroatoms. The van der Waals surface area contributed by atoms with Gasteiger partial charge in [-0.2, -0.15) is 4.31 Å². The van der Waals surface area contributed by atoms with Crippen LogP contribution < -0.4 is 15.8 Å². The molecule has 1 heterocycles. The summed E-state index contributed by atoms with van der Waals surface area (Å²) in [5.41, 5.74) is 7.44. The van der Waals surface area contributed by atoms with E-state index in [4.69, 9.17) is 14.9 Å². The Morgan fingerprint density at radius 3 is 2.30 bits per heavy atom. The largest absolute Gasteiger partial charge is 0.497 e. The van der Waals surface area contributed by atoms with Crippen LogP contribution in [0, 0.1) is 0 Å². The SMILES string of the molecule is C=C(Nc1c(C(N)=O)oc2cc(OC)ccc12)c1ccc(S(=O)(=O)N(CCC)CCC)cc1. The van der Waals surface area contributed by atoms with Gasteiger partial charge in [0.2, 0.25) is 15.8 Å². The average Bonchev–Trinajstić information content (AvgIpc) is 3.16. The number of primary amides is 1. The molecule has 33 heavy (non-hydrogen) atoms. The minimum atomic E-state index is -3.58. The molecule has 1 aromatic heterocycles. The highest BCUT2D eigenvalue weighted by Crippen LogP contribution is 2.35. The Morgan fingerprint density at radius 1 is 1.12 bits per heavy atom. The minimum absolute atomic E-state index is 0.0339. The summed E-state index contributed by atoms with van der Waals surface area (Å²) < 4.78 is 38.3. The van der Waals surface area contributed by atoms with Crippen LogP contribution in [0.4, 0.5) is 5.69 Å². The van der Waals surface area contributed by atoms with Gasteiger partial charge >= 0.3 is 0 Å². The number of carbonyl (C=O) groups excluding carboxylic acids is 1. The molecule has 0 radical (unpaired) electrons. The number of amides is 1. The number of methoxy groups -OCH3 is 1. The molecule has 8 nitrogen and oxygen atoms in total. The first kappa shape index (κ1) is 24.3. The maximum atomic E-state index is 13.0. The van der Waals surface area contributed by atoms with Gasteiger partial charge in [-0.15, -0.1) is 0 Å². The molecule has 0 unspecified atom stereocenters. The van der Waals surface area contributed by atoms with Gasteiger partial charge in [0, 0.05) is 30.2 Å². The molecule has 0 aliphatic heterocycles. The first-order valence-electron chi connectivity index (χ1n) is 10.7. The predicted molar refractivity (Wildman–Crippen MR) is 130 cm³/mol. The van der Waals surface area contributed by atoms with E-state index in [9.17, 15) is 13.2 Å². The molecule has 0 bridgehead atoms. The smallest absolute Gasteiger partial charge is 0.286 e. The van der Waals surface area contributed by atoms with E-state index in [2.05, 4.69) is 11.9 Å². The van der Waals surface area contributed by atoms with Crippen LogP contribution in [-0.2, 0) is 10.0 Å². The summed E-state index contributed by atoms with van der Waals surface area (Å²) in [6.07, 6.45) is 1.48. The second-order valence-corrected chi connectivity index (χ2v) is 9.50. The van der Waals surface area contributed by atoms with Crippen LogP contribution in [0.15, 0.2) is 58.4 Å². The summed E-state index contributed by atoms with van der Waals surface area (Å²) in [4.78, 5) is 12.2. The van der Waals surface area contributed by atoms with Crippen molar-refractivity contribution in [3.63, 3.8) is 0 Å². The van der Waals surface area contributed by atoms with E-state index >= 15 is 0 Å². The van der Waals surface area contributed by atoms with Gasteiger partial charge in [0.15, 0.2) is 0 Å². The number of fused-ring (bicyclic) bond motifs is 1. The van der Waals surface area contributed by atoms with Crippen LogP contribution in [-0.4, -0.2) is 38.8 Å². The number of sulfonamides is 1. The standard InChI is InChI=1S/C24H29N3O5S/c1-5-13-27(14-6-2)33(29,30)19-10-7-17(8-11-19)16(3)26-22-20-12-9-18(31-4)15-21(20)32-23(22)24(25)28/h7-12,15,26H,3,5-6,13-14H2,1-2,4H3,(H2,25,28). The van der Waals surface area contributed by atoms with Crippen molar-refractivity contribution in [2.45, 2.75) is 31.6 Å². The topological polar surface area (TPSA) is 115 Å². The Labute approximate surface area is 194 Å². The highest BCUT2D eigenvalue weighted by Gasteiger charge is 2.23. The van der Waals surface area contributed by atoms with Gasteiger partial charge in [-0.25, -0.2) is 8.42 Å². The van der Waals surface area contributed by atoms with Gasteiger partial charge in [0.05, 0.1) is 17.7 Å². The third kappa shape index (κ3) is 5.04. The summed E-state index contributed by atoms with van der Waals surface area (Å²) in [6.45, 7) is 8.89. The van der Waals surface area contributed by atoms with Crippen molar-refractivity contribution in [3.05, 3.63) is 60.4 Å². The number of ether oxygens (including phenoxy) is 1.